The van der Waals surface area contributed by atoms with Gasteiger partial charge in [0.15, 0.2) is 0 Å². The molecule has 0 amide bonds. The molecule has 3 rings (SSSR count). The van der Waals surface area contributed by atoms with Crippen molar-refractivity contribution in [2.75, 3.05) is 0 Å². The molecule has 0 fully saturated rings. The summed E-state index contributed by atoms with van der Waals surface area (Å²) in [6, 6.07) is 14.5. The van der Waals surface area contributed by atoms with Gasteiger partial charge in [-0.15, -0.1) is 0 Å². The standard InChI is InChI=1S/C17H18N2O2/c1-12(2)18-10-15-11-20-17(19-15)21-16-8-7-13-5-3-4-6-14(13)9-16/h3-9,11-12,18H,10H2,1-2H3. The van der Waals surface area contributed by atoms with E-state index in [1.165, 1.54) is 5.39 Å². The number of nitrogens with one attached hydrogen (secondary N) is 1. The third-order valence-electron chi connectivity index (χ3n) is 3.15. The normalized spacial score (nSPS) is 11.2. The first-order chi connectivity index (χ1) is 10.2. The molecule has 4 nitrogen and oxygen atoms in total. The van der Waals surface area contributed by atoms with Gasteiger partial charge in [0.2, 0.25) is 0 Å². The second-order valence-corrected chi connectivity index (χ2v) is 5.25. The van der Waals surface area contributed by atoms with E-state index < -0.39 is 0 Å². The Morgan fingerprint density at radius 2 is 1.95 bits per heavy atom. The second kappa shape index (κ2) is 5.97. The zero-order valence-electron chi connectivity index (χ0n) is 12.2. The Hall–Kier alpha value is -2.33. The summed E-state index contributed by atoms with van der Waals surface area (Å²) in [7, 11) is 0. The largest absolute Gasteiger partial charge is 0.417 e. The molecule has 1 heterocycles. The Kier molecular flexibility index (Phi) is 3.88. The van der Waals surface area contributed by atoms with Crippen LogP contribution in [0.5, 0.6) is 11.8 Å². The van der Waals surface area contributed by atoms with E-state index in [1.54, 1.807) is 6.26 Å². The van der Waals surface area contributed by atoms with Gasteiger partial charge in [-0.2, -0.15) is 4.98 Å². The highest BCUT2D eigenvalue weighted by Gasteiger charge is 2.07. The Labute approximate surface area is 123 Å². The minimum Gasteiger partial charge on any atom is -0.417 e. The molecule has 3 aromatic rings. The topological polar surface area (TPSA) is 47.3 Å². The van der Waals surface area contributed by atoms with Gasteiger partial charge in [-0.3, -0.25) is 0 Å². The van der Waals surface area contributed by atoms with E-state index in [0.717, 1.165) is 16.8 Å². The van der Waals surface area contributed by atoms with Gasteiger partial charge in [-0.1, -0.05) is 44.2 Å². The fourth-order valence-electron chi connectivity index (χ4n) is 2.06. The third kappa shape index (κ3) is 3.41. The highest BCUT2D eigenvalue weighted by molar-refractivity contribution is 5.83. The van der Waals surface area contributed by atoms with Crippen LogP contribution in [0.4, 0.5) is 0 Å². The van der Waals surface area contributed by atoms with Crippen molar-refractivity contribution in [1.82, 2.24) is 10.3 Å². The number of ether oxygens (including phenoxy) is 1. The molecule has 0 atom stereocenters. The first kappa shape index (κ1) is 13.6. The van der Waals surface area contributed by atoms with Crippen molar-refractivity contribution < 1.29 is 9.15 Å². The number of nitrogens with zero attached hydrogens (tertiary/aromatic N) is 1. The number of aromatic nitrogens is 1. The molecular weight excluding hydrogens is 264 g/mol. The summed E-state index contributed by atoms with van der Waals surface area (Å²) in [4.78, 5) is 4.31. The maximum Gasteiger partial charge on any atom is 0.399 e. The minimum absolute atomic E-state index is 0.269. The van der Waals surface area contributed by atoms with Crippen LogP contribution in [-0.4, -0.2) is 11.0 Å². The van der Waals surface area contributed by atoms with Crippen molar-refractivity contribution in [3.05, 3.63) is 54.4 Å². The molecule has 0 saturated heterocycles. The smallest absolute Gasteiger partial charge is 0.399 e. The van der Waals surface area contributed by atoms with Crippen LogP contribution < -0.4 is 10.1 Å². The molecule has 0 spiro atoms. The first-order valence-corrected chi connectivity index (χ1v) is 7.05. The summed E-state index contributed by atoms with van der Waals surface area (Å²) < 4.78 is 11.0. The summed E-state index contributed by atoms with van der Waals surface area (Å²) >= 11 is 0. The maximum absolute atomic E-state index is 5.67. The Morgan fingerprint density at radius 3 is 2.76 bits per heavy atom. The van der Waals surface area contributed by atoms with E-state index in [-0.39, 0.29) is 6.08 Å². The van der Waals surface area contributed by atoms with E-state index in [9.17, 15) is 0 Å². The van der Waals surface area contributed by atoms with Crippen LogP contribution in [-0.2, 0) is 6.54 Å². The number of hydrogen-bond donors (Lipinski definition) is 1. The van der Waals surface area contributed by atoms with Gasteiger partial charge < -0.3 is 14.5 Å². The van der Waals surface area contributed by atoms with Crippen molar-refractivity contribution in [3.8, 4) is 11.8 Å². The quantitative estimate of drug-likeness (QED) is 0.764. The Balaban J connectivity index is 1.72. The van der Waals surface area contributed by atoms with Crippen molar-refractivity contribution in [3.63, 3.8) is 0 Å². The lowest BCUT2D eigenvalue weighted by Crippen LogP contribution is -2.21. The summed E-state index contributed by atoms with van der Waals surface area (Å²) in [5.74, 6) is 0.721. The van der Waals surface area contributed by atoms with E-state index in [0.29, 0.717) is 12.6 Å². The fraction of sp³-hybridized carbons (Fsp3) is 0.235. The van der Waals surface area contributed by atoms with Gasteiger partial charge in [-0.05, 0) is 22.9 Å². The van der Waals surface area contributed by atoms with Crippen molar-refractivity contribution in [1.29, 1.82) is 0 Å². The van der Waals surface area contributed by atoms with Gasteiger partial charge in [0.1, 0.15) is 12.0 Å². The molecule has 0 aliphatic rings. The van der Waals surface area contributed by atoms with E-state index >= 15 is 0 Å². The number of benzene rings is 2. The van der Waals surface area contributed by atoms with Crippen LogP contribution in [0, 0.1) is 0 Å². The number of fused-ring (bicyclic) bond motifs is 1. The summed E-state index contributed by atoms with van der Waals surface area (Å²) in [5, 5.41) is 5.59. The van der Waals surface area contributed by atoms with Crippen LogP contribution in [0.3, 0.4) is 0 Å². The number of hydrogen-bond acceptors (Lipinski definition) is 4. The Bertz CT molecular complexity index is 734. The predicted molar refractivity (Wildman–Crippen MR) is 82.5 cm³/mol. The molecule has 108 valence electrons. The van der Waals surface area contributed by atoms with E-state index in [4.69, 9.17) is 9.15 Å². The first-order valence-electron chi connectivity index (χ1n) is 7.05. The SMILES string of the molecule is CC(C)NCc1coc(Oc2ccc3ccccc3c2)n1. The van der Waals surface area contributed by atoms with Gasteiger partial charge >= 0.3 is 6.08 Å². The zero-order chi connectivity index (χ0) is 14.7. The zero-order valence-corrected chi connectivity index (χ0v) is 12.2. The highest BCUT2D eigenvalue weighted by atomic mass is 16.6. The van der Waals surface area contributed by atoms with E-state index in [1.807, 2.05) is 30.3 Å². The minimum atomic E-state index is 0.269. The molecule has 0 saturated carbocycles. The predicted octanol–water partition coefficient (Wildman–Crippen LogP) is 4.12. The van der Waals surface area contributed by atoms with Gasteiger partial charge in [0.05, 0.1) is 5.69 Å². The van der Waals surface area contributed by atoms with Gasteiger partial charge in [0.25, 0.3) is 0 Å². The monoisotopic (exact) mass is 282 g/mol. The van der Waals surface area contributed by atoms with Crippen LogP contribution in [0.15, 0.2) is 53.1 Å². The molecule has 0 radical (unpaired) electrons. The van der Waals surface area contributed by atoms with E-state index in [2.05, 4.69) is 36.3 Å². The fourth-order valence-corrected chi connectivity index (χ4v) is 2.06. The van der Waals surface area contributed by atoms with Crippen LogP contribution in [0.25, 0.3) is 10.8 Å². The molecule has 0 aliphatic heterocycles. The lowest BCUT2D eigenvalue weighted by atomic mass is 10.1. The molecule has 0 bridgehead atoms. The van der Waals surface area contributed by atoms with Crippen LogP contribution >= 0.6 is 0 Å². The molecule has 1 N–H and O–H groups in total. The average Bonchev–Trinajstić information content (AvgIpc) is 2.92. The van der Waals surface area contributed by atoms with Crippen molar-refractivity contribution >= 4 is 10.8 Å². The number of oxazole rings is 1. The van der Waals surface area contributed by atoms with Gasteiger partial charge in [0, 0.05) is 12.6 Å². The lowest BCUT2D eigenvalue weighted by Gasteiger charge is -2.04. The molecule has 0 unspecified atom stereocenters. The van der Waals surface area contributed by atoms with Gasteiger partial charge in [-0.25, -0.2) is 0 Å². The molecule has 21 heavy (non-hydrogen) atoms. The average molecular weight is 282 g/mol. The van der Waals surface area contributed by atoms with Crippen LogP contribution in [0.2, 0.25) is 0 Å². The number of rotatable bonds is 5. The molecular formula is C17H18N2O2. The third-order valence-corrected chi connectivity index (χ3v) is 3.15. The van der Waals surface area contributed by atoms with Crippen molar-refractivity contribution in [2.45, 2.75) is 26.4 Å². The van der Waals surface area contributed by atoms with Crippen molar-refractivity contribution in [2.24, 2.45) is 0 Å². The molecule has 0 aliphatic carbocycles. The Morgan fingerprint density at radius 1 is 1.14 bits per heavy atom. The highest BCUT2D eigenvalue weighted by Crippen LogP contribution is 2.25. The van der Waals surface area contributed by atoms with Crippen LogP contribution in [0.1, 0.15) is 19.5 Å². The summed E-state index contributed by atoms with van der Waals surface area (Å²) in [6.07, 6.45) is 1.89. The summed E-state index contributed by atoms with van der Waals surface area (Å²) in [6.45, 7) is 4.85. The molecule has 4 heteroatoms. The lowest BCUT2D eigenvalue weighted by molar-refractivity contribution is 0.331. The molecule has 2 aromatic carbocycles. The second-order valence-electron chi connectivity index (χ2n) is 5.25. The molecule has 1 aromatic heterocycles. The maximum atomic E-state index is 5.67. The summed E-state index contributed by atoms with van der Waals surface area (Å²) in [5.41, 5.74) is 0.833.